The summed E-state index contributed by atoms with van der Waals surface area (Å²) >= 11 is 0. The first-order valence-corrected chi connectivity index (χ1v) is 2.46. The summed E-state index contributed by atoms with van der Waals surface area (Å²) in [6.07, 6.45) is 0. The molecule has 10 heteroatoms. The molecule has 0 aliphatic carbocycles. The van der Waals surface area contributed by atoms with Crippen LogP contribution >= 0.6 is 13.5 Å². The Morgan fingerprint density at radius 3 is 0.833 bits per heavy atom. The molecule has 0 bridgehead atoms. The zero-order valence-electron chi connectivity index (χ0n) is 4.33. The lowest BCUT2D eigenvalue weighted by atomic mass is 12.0. The van der Waals surface area contributed by atoms with Gasteiger partial charge in [-0.25, -0.2) is 0 Å². The molecule has 82 valence electrons. The van der Waals surface area contributed by atoms with Crippen LogP contribution in [-0.4, -0.2) is 28.0 Å². The molecule has 0 aliphatic heterocycles. The van der Waals surface area contributed by atoms with Crippen molar-refractivity contribution in [2.24, 2.45) is 0 Å². The van der Waals surface area contributed by atoms with Crippen LogP contribution in [-0.2, 0) is 10.4 Å². The zero-order chi connectivity index (χ0) is 8.50. The Bertz CT molecular complexity index is 109. The Hall–Kier alpha value is -0.260. The zero-order valence-corrected chi connectivity index (χ0v) is 6.15. The number of hydrogen-bond acceptors (Lipinski definition) is 6. The van der Waals surface area contributed by atoms with Gasteiger partial charge in [-0.15, -0.1) is 0 Å². The average Bonchev–Trinajstić information content (AvgIpc) is 1.72. The highest BCUT2D eigenvalue weighted by Gasteiger charge is 1.84. The van der Waals surface area contributed by atoms with Crippen LogP contribution in [0, 0.1) is 9.93 Å². The smallest absolute Gasteiger partial charge is 0.264 e. The van der Waals surface area contributed by atoms with Crippen LogP contribution in [0.25, 0.3) is 0 Å². The van der Waals surface area contributed by atoms with Crippen molar-refractivity contribution in [2.75, 3.05) is 0 Å². The van der Waals surface area contributed by atoms with Gasteiger partial charge in [0.1, 0.15) is 0 Å². The lowest BCUT2D eigenvalue weighted by molar-refractivity contribution is -0.176. The molecule has 4 N–H and O–H groups in total. The van der Waals surface area contributed by atoms with E-state index in [4.69, 9.17) is 38.0 Å². The van der Waals surface area contributed by atoms with Crippen molar-refractivity contribution in [1.82, 2.24) is 0 Å². The van der Waals surface area contributed by atoms with E-state index < -0.39 is 10.4 Å². The molecule has 12 heavy (non-hydrogen) atoms. The first kappa shape index (κ1) is 41.1. The second-order valence-corrected chi connectivity index (χ2v) is 1.34. The third-order valence-electron chi connectivity index (χ3n) is 0. The van der Waals surface area contributed by atoms with Gasteiger partial charge in [-0.3, -0.25) is 19.6 Å². The summed E-state index contributed by atoms with van der Waals surface area (Å²) in [6, 6.07) is 0. The average molecular weight is 230 g/mol. The molecule has 0 saturated carbocycles. The number of rotatable bonds is 0. The molecule has 0 fully saturated rings. The van der Waals surface area contributed by atoms with Gasteiger partial charge >= 0.3 is 10.4 Å². The van der Waals surface area contributed by atoms with Crippen molar-refractivity contribution in [3.05, 3.63) is 9.93 Å². The van der Waals surface area contributed by atoms with Gasteiger partial charge in [0.25, 0.3) is 0 Å². The molecule has 8 nitrogen and oxygen atoms in total. The highest BCUT2D eigenvalue weighted by Crippen LogP contribution is 1.59. The molecule has 0 spiro atoms. The third-order valence-corrected chi connectivity index (χ3v) is 0. The van der Waals surface area contributed by atoms with Crippen LogP contribution in [0.3, 0.4) is 0 Å². The fourth-order valence-electron chi connectivity index (χ4n) is 0. The van der Waals surface area contributed by atoms with Crippen LogP contribution in [0.15, 0.2) is 0 Å². The normalized spacial score (nSPS) is 5.67. The maximum atomic E-state index is 8.74. The molecule has 0 heterocycles. The second kappa shape index (κ2) is 30.9. The van der Waals surface area contributed by atoms with Crippen molar-refractivity contribution in [2.45, 2.75) is 14.9 Å². The molecule has 0 aromatic rings. The van der Waals surface area contributed by atoms with Crippen molar-refractivity contribution in [1.29, 1.82) is 0 Å². The van der Waals surface area contributed by atoms with E-state index in [1.165, 1.54) is 0 Å². The molecule has 0 amide bonds. The van der Waals surface area contributed by atoms with E-state index in [1.54, 1.807) is 0 Å². The predicted octanol–water partition coefficient (Wildman–Crippen LogP) is 0.817. The van der Waals surface area contributed by atoms with Crippen LogP contribution in [0.5, 0.6) is 0 Å². The molecule has 0 rings (SSSR count). The topological polar surface area (TPSA) is 149 Å². The van der Waals surface area contributed by atoms with Gasteiger partial charge in [0.15, 0.2) is 0 Å². The summed E-state index contributed by atoms with van der Waals surface area (Å²) in [5.74, 6) is 0. The fraction of sp³-hybridized carbons (Fsp3) is 1.00. The van der Waals surface area contributed by atoms with Gasteiger partial charge in [-0.05, 0) is 0 Å². The number of hydrogen-bond donors (Lipinski definition) is 4. The van der Waals surface area contributed by atoms with E-state index in [0.29, 0.717) is 0 Å². The summed E-state index contributed by atoms with van der Waals surface area (Å²) in [6.45, 7) is 0. The summed E-state index contributed by atoms with van der Waals surface area (Å²) < 4.78 is 31.6. The van der Waals surface area contributed by atoms with Gasteiger partial charge in [0.2, 0.25) is 0 Å². The summed E-state index contributed by atoms with van der Waals surface area (Å²) in [5, 5.41) is 12.0. The largest absolute Gasteiger partial charge is 0.394 e. The van der Waals surface area contributed by atoms with Crippen molar-refractivity contribution >= 4 is 23.9 Å². The first-order valence-electron chi connectivity index (χ1n) is 1.07. The predicted molar refractivity (Wildman–Crippen MR) is 50.0 cm³/mol. The molecule has 0 aliphatic rings. The molecular weight excluding hydrogens is 216 g/mol. The van der Waals surface area contributed by atoms with Gasteiger partial charge in [-0.2, -0.15) is 21.9 Å². The highest BCUT2D eigenvalue weighted by atomic mass is 32.3. The second-order valence-electron chi connectivity index (χ2n) is 0.448. The van der Waals surface area contributed by atoms with Crippen LogP contribution < -0.4 is 0 Å². The van der Waals surface area contributed by atoms with Crippen LogP contribution in [0.1, 0.15) is 14.9 Å². The molecular formula is C2H14O8S2. The van der Waals surface area contributed by atoms with E-state index in [-0.39, 0.29) is 28.3 Å². The quantitative estimate of drug-likeness (QED) is 0.271. The summed E-state index contributed by atoms with van der Waals surface area (Å²) in [5.41, 5.74) is 0. The lowest BCUT2D eigenvalue weighted by Gasteiger charge is -1.68. The minimum atomic E-state index is -4.67. The van der Waals surface area contributed by atoms with E-state index in [1.807, 2.05) is 0 Å². The minimum Gasteiger partial charge on any atom is -0.264 e. The molecule has 0 unspecified atom stereocenters. The molecule has 0 aromatic carbocycles. The SMILES string of the molecule is C.C.O=O.O=S(=O)(O)O.OO.S. The standard InChI is InChI=1S/2CH4.H2O4S.H2O2.O2.H2S/c;;1-5(2,3)4;2*1-2;/h2*1H4;(H2,1,2,3,4);1-2H;;1H2. The molecule has 0 aromatic heterocycles. The fourth-order valence-corrected chi connectivity index (χ4v) is 0. The third kappa shape index (κ3) is 11000. The van der Waals surface area contributed by atoms with Crippen LogP contribution in [0.4, 0.5) is 0 Å². The molecule has 0 radical (unpaired) electrons. The van der Waals surface area contributed by atoms with E-state index in [0.717, 1.165) is 0 Å². The Labute approximate surface area is 77.4 Å². The van der Waals surface area contributed by atoms with Gasteiger partial charge < -0.3 is 0 Å². The van der Waals surface area contributed by atoms with E-state index in [2.05, 4.69) is 0 Å². The van der Waals surface area contributed by atoms with E-state index in [9.17, 15) is 0 Å². The Morgan fingerprint density at radius 1 is 0.833 bits per heavy atom. The van der Waals surface area contributed by atoms with Crippen molar-refractivity contribution in [3.8, 4) is 0 Å². The summed E-state index contributed by atoms with van der Waals surface area (Å²) in [7, 11) is -4.67. The Morgan fingerprint density at radius 2 is 0.833 bits per heavy atom. The Kier molecular flexibility index (Phi) is 106. The van der Waals surface area contributed by atoms with Crippen molar-refractivity contribution in [3.63, 3.8) is 0 Å². The molecule has 0 atom stereocenters. The monoisotopic (exact) mass is 230 g/mol. The van der Waals surface area contributed by atoms with Gasteiger partial charge in [0, 0.05) is 9.93 Å². The lowest BCUT2D eigenvalue weighted by Crippen LogP contribution is -1.89. The summed E-state index contributed by atoms with van der Waals surface area (Å²) in [4.78, 5) is 14.0. The van der Waals surface area contributed by atoms with Gasteiger partial charge in [0.05, 0.1) is 0 Å². The van der Waals surface area contributed by atoms with Crippen LogP contribution in [0.2, 0.25) is 0 Å². The first-order chi connectivity index (χ1) is 4.00. The maximum Gasteiger partial charge on any atom is 0.394 e. The Balaban J connectivity index is -0.0000000116. The van der Waals surface area contributed by atoms with Crippen molar-refractivity contribution < 1.29 is 28.0 Å². The highest BCUT2D eigenvalue weighted by molar-refractivity contribution is 7.79. The maximum absolute atomic E-state index is 8.74. The minimum absolute atomic E-state index is 0. The van der Waals surface area contributed by atoms with Gasteiger partial charge in [-0.1, -0.05) is 14.9 Å². The molecule has 0 saturated heterocycles. The van der Waals surface area contributed by atoms with E-state index >= 15 is 0 Å².